The summed E-state index contributed by atoms with van der Waals surface area (Å²) in [5, 5.41) is 1.78. The van der Waals surface area contributed by atoms with Gasteiger partial charge in [-0.3, -0.25) is 9.59 Å². The number of benzene rings is 1. The monoisotopic (exact) mass is 389 g/mol. The van der Waals surface area contributed by atoms with Gasteiger partial charge in [-0.25, -0.2) is 4.79 Å². The Kier molecular flexibility index (Phi) is 6.42. The van der Waals surface area contributed by atoms with Crippen LogP contribution in [0.2, 0.25) is 0 Å². The molecule has 0 saturated carbocycles. The average Bonchev–Trinajstić information content (AvgIpc) is 2.57. The highest BCUT2D eigenvalue weighted by Gasteiger charge is 2.46. The second kappa shape index (κ2) is 8.38. The Morgan fingerprint density at radius 2 is 1.78 bits per heavy atom. The lowest BCUT2D eigenvalue weighted by atomic mass is 9.98. The predicted octanol–water partition coefficient (Wildman–Crippen LogP) is 1.96. The minimum Gasteiger partial charge on any atom is -0.456 e. The van der Waals surface area contributed by atoms with Gasteiger partial charge < -0.3 is 19.5 Å². The highest BCUT2D eigenvalue weighted by Crippen LogP contribution is 2.26. The number of amides is 1. The minimum atomic E-state index is -5.11. The van der Waals surface area contributed by atoms with Crippen LogP contribution in [-0.4, -0.2) is 48.6 Å². The van der Waals surface area contributed by atoms with Crippen molar-refractivity contribution in [2.24, 2.45) is 0 Å². The molecule has 0 aliphatic carbocycles. The summed E-state index contributed by atoms with van der Waals surface area (Å²) < 4.78 is 53.3. The van der Waals surface area contributed by atoms with Crippen LogP contribution in [0.3, 0.4) is 0 Å². The number of esters is 2. The highest BCUT2D eigenvalue weighted by molar-refractivity contribution is 5.89. The van der Waals surface area contributed by atoms with E-state index in [-0.39, 0.29) is 12.0 Å². The molecule has 4 atom stereocenters. The van der Waals surface area contributed by atoms with Crippen LogP contribution in [0.25, 0.3) is 0 Å². The Bertz CT molecular complexity index is 694. The topological polar surface area (TPSA) is 90.9 Å². The quantitative estimate of drug-likeness (QED) is 0.792. The molecule has 0 unspecified atom stereocenters. The normalized spacial score (nSPS) is 25.4. The molecule has 1 aliphatic heterocycles. The second-order valence-corrected chi connectivity index (χ2v) is 5.92. The van der Waals surface area contributed by atoms with E-state index in [1.807, 2.05) is 0 Å². The molecule has 1 aliphatic rings. The van der Waals surface area contributed by atoms with E-state index < -0.39 is 48.6 Å². The molecule has 1 N–H and O–H groups in total. The van der Waals surface area contributed by atoms with Gasteiger partial charge >= 0.3 is 24.0 Å². The Labute approximate surface area is 152 Å². The molecule has 148 valence electrons. The molecule has 1 saturated heterocycles. The van der Waals surface area contributed by atoms with Gasteiger partial charge in [-0.2, -0.15) is 13.2 Å². The van der Waals surface area contributed by atoms with Crippen LogP contribution in [0, 0.1) is 0 Å². The number of ether oxygens (including phenoxy) is 3. The van der Waals surface area contributed by atoms with Gasteiger partial charge in [0.15, 0.2) is 0 Å². The minimum absolute atomic E-state index is 0.182. The van der Waals surface area contributed by atoms with Crippen molar-refractivity contribution >= 4 is 17.8 Å². The molecular weight excluding hydrogens is 371 g/mol. The summed E-state index contributed by atoms with van der Waals surface area (Å²) >= 11 is 0. The maximum atomic E-state index is 12.6. The van der Waals surface area contributed by atoms with Gasteiger partial charge in [-0.05, 0) is 19.1 Å². The molecule has 0 bridgehead atoms. The number of hydrogen-bond donors (Lipinski definition) is 1. The van der Waals surface area contributed by atoms with Crippen LogP contribution >= 0.6 is 0 Å². The largest absolute Gasteiger partial charge is 0.471 e. The Hall–Kier alpha value is -2.62. The van der Waals surface area contributed by atoms with Crippen molar-refractivity contribution in [3.05, 3.63) is 35.9 Å². The van der Waals surface area contributed by atoms with E-state index in [1.54, 1.807) is 23.5 Å². The summed E-state index contributed by atoms with van der Waals surface area (Å²) in [5.41, 5.74) is 0.182. The number of hydrogen-bond acceptors (Lipinski definition) is 6. The molecule has 1 aromatic rings. The molecule has 10 heteroatoms. The third-order valence-corrected chi connectivity index (χ3v) is 3.82. The number of alkyl halides is 3. The molecule has 7 nitrogen and oxygen atoms in total. The molecule has 1 aromatic carbocycles. The first-order valence-electron chi connectivity index (χ1n) is 8.04. The summed E-state index contributed by atoms with van der Waals surface area (Å²) in [6.07, 6.45) is -8.67. The van der Waals surface area contributed by atoms with E-state index in [1.165, 1.54) is 19.1 Å². The number of rotatable bonds is 4. The summed E-state index contributed by atoms with van der Waals surface area (Å²) in [5.74, 6) is -3.64. The van der Waals surface area contributed by atoms with Crippen molar-refractivity contribution in [2.45, 2.75) is 51.0 Å². The van der Waals surface area contributed by atoms with E-state index >= 15 is 0 Å². The van der Waals surface area contributed by atoms with Gasteiger partial charge in [0.05, 0.1) is 17.7 Å². The van der Waals surface area contributed by atoms with Gasteiger partial charge in [0, 0.05) is 13.3 Å². The van der Waals surface area contributed by atoms with Crippen molar-refractivity contribution in [3.63, 3.8) is 0 Å². The van der Waals surface area contributed by atoms with Crippen LogP contribution in [-0.2, 0) is 23.8 Å². The molecule has 0 aromatic heterocycles. The fourth-order valence-electron chi connectivity index (χ4n) is 2.62. The smallest absolute Gasteiger partial charge is 0.456 e. The maximum absolute atomic E-state index is 12.6. The zero-order chi connectivity index (χ0) is 20.2. The van der Waals surface area contributed by atoms with E-state index in [4.69, 9.17) is 14.2 Å². The van der Waals surface area contributed by atoms with Crippen LogP contribution < -0.4 is 5.32 Å². The third-order valence-electron chi connectivity index (χ3n) is 3.82. The predicted molar refractivity (Wildman–Crippen MR) is 84.3 cm³/mol. The van der Waals surface area contributed by atoms with E-state index in [0.717, 1.165) is 6.92 Å². The van der Waals surface area contributed by atoms with E-state index in [0.29, 0.717) is 0 Å². The lowest BCUT2D eigenvalue weighted by Crippen LogP contribution is -2.59. The van der Waals surface area contributed by atoms with E-state index in [9.17, 15) is 27.6 Å². The van der Waals surface area contributed by atoms with Crippen LogP contribution in [0.4, 0.5) is 13.2 Å². The lowest BCUT2D eigenvalue weighted by Gasteiger charge is -2.39. The SMILES string of the molecule is CC(=O)O[C@H]1C[C@H](OC(=O)c2ccccc2)[C@H](NC(=O)C(F)(F)F)[C@H](C)O1. The number of carbonyl (C=O) groups is 3. The van der Waals surface area contributed by atoms with E-state index in [2.05, 4.69) is 0 Å². The maximum Gasteiger partial charge on any atom is 0.471 e. The molecule has 1 amide bonds. The number of halogens is 3. The summed E-state index contributed by atoms with van der Waals surface area (Å²) in [6, 6.07) is 6.52. The highest BCUT2D eigenvalue weighted by atomic mass is 19.4. The van der Waals surface area contributed by atoms with Crippen molar-refractivity contribution in [2.75, 3.05) is 0 Å². The standard InChI is InChI=1S/C17H18F3NO6/c1-9-14(21-16(24)17(18,19)20)12(8-13(25-9)26-10(2)22)27-15(23)11-6-4-3-5-7-11/h3-7,9,12-14H,8H2,1-2H3,(H,21,24)/t9-,12-,13-,14+/m0/s1. The zero-order valence-corrected chi connectivity index (χ0v) is 14.5. The fourth-order valence-corrected chi connectivity index (χ4v) is 2.62. The molecule has 0 spiro atoms. The van der Waals surface area contributed by atoms with Gasteiger partial charge in [0.25, 0.3) is 0 Å². The van der Waals surface area contributed by atoms with Crippen LogP contribution in [0.5, 0.6) is 0 Å². The van der Waals surface area contributed by atoms with Gasteiger partial charge in [-0.15, -0.1) is 0 Å². The van der Waals surface area contributed by atoms with Crippen molar-refractivity contribution in [1.29, 1.82) is 0 Å². The van der Waals surface area contributed by atoms with Gasteiger partial charge in [-0.1, -0.05) is 18.2 Å². The van der Waals surface area contributed by atoms with Crippen LogP contribution in [0.15, 0.2) is 30.3 Å². The van der Waals surface area contributed by atoms with Gasteiger partial charge in [0.1, 0.15) is 6.10 Å². The lowest BCUT2D eigenvalue weighted by molar-refractivity contribution is -0.221. The number of nitrogens with one attached hydrogen (secondary N) is 1. The molecule has 27 heavy (non-hydrogen) atoms. The van der Waals surface area contributed by atoms with Gasteiger partial charge in [0.2, 0.25) is 6.29 Å². The average molecular weight is 389 g/mol. The number of carbonyl (C=O) groups excluding carboxylic acids is 3. The van der Waals surface area contributed by atoms with Crippen molar-refractivity contribution in [3.8, 4) is 0 Å². The summed E-state index contributed by atoms with van der Waals surface area (Å²) in [7, 11) is 0. The third kappa shape index (κ3) is 5.68. The fraction of sp³-hybridized carbons (Fsp3) is 0.471. The first-order chi connectivity index (χ1) is 12.6. The van der Waals surface area contributed by atoms with Crippen LogP contribution in [0.1, 0.15) is 30.6 Å². The summed E-state index contributed by atoms with van der Waals surface area (Å²) in [4.78, 5) is 34.7. The molecule has 2 rings (SSSR count). The Morgan fingerprint density at radius 1 is 1.15 bits per heavy atom. The first-order valence-corrected chi connectivity index (χ1v) is 8.04. The molecule has 1 fully saturated rings. The Morgan fingerprint density at radius 3 is 2.33 bits per heavy atom. The second-order valence-electron chi connectivity index (χ2n) is 5.92. The molecule has 0 radical (unpaired) electrons. The Balaban J connectivity index is 2.19. The van der Waals surface area contributed by atoms with Crippen molar-refractivity contribution in [1.82, 2.24) is 5.32 Å². The molecular formula is C17H18F3NO6. The molecule has 1 heterocycles. The zero-order valence-electron chi connectivity index (χ0n) is 14.5. The van der Waals surface area contributed by atoms with Crippen molar-refractivity contribution < 1.29 is 41.8 Å². The summed E-state index contributed by atoms with van der Waals surface area (Å²) in [6.45, 7) is 2.51. The first kappa shape index (κ1) is 20.7.